The molecule has 1 aliphatic rings. The zero-order valence-corrected chi connectivity index (χ0v) is 13.8. The Morgan fingerprint density at radius 2 is 2.39 bits per heavy atom. The van der Waals surface area contributed by atoms with E-state index in [1.807, 2.05) is 18.2 Å². The summed E-state index contributed by atoms with van der Waals surface area (Å²) in [6.45, 7) is 1.85. The van der Waals surface area contributed by atoms with Crippen LogP contribution in [0.25, 0.3) is 0 Å². The van der Waals surface area contributed by atoms with E-state index in [0.717, 1.165) is 33.1 Å². The number of carbonyl (C=O) groups excluding carboxylic acids is 1. The Balaban J connectivity index is 1.85. The fraction of sp³-hybridized carbons (Fsp3) is 0.462. The van der Waals surface area contributed by atoms with Gasteiger partial charge in [0.05, 0.1) is 5.56 Å². The van der Waals surface area contributed by atoms with Crippen molar-refractivity contribution in [1.29, 1.82) is 0 Å². The fourth-order valence-electron chi connectivity index (χ4n) is 2.13. The van der Waals surface area contributed by atoms with Crippen LogP contribution in [-0.2, 0) is 0 Å². The SMILES string of the molecule is O=C(NCC[C@@H]1CCCN1)c1cc(Br)ccc1I. The zero-order valence-electron chi connectivity index (χ0n) is 10.0. The van der Waals surface area contributed by atoms with Crippen LogP contribution in [0, 0.1) is 3.57 Å². The molecule has 2 rings (SSSR count). The summed E-state index contributed by atoms with van der Waals surface area (Å²) in [5, 5.41) is 6.42. The Morgan fingerprint density at radius 1 is 1.56 bits per heavy atom. The molecule has 1 aromatic rings. The Bertz CT molecular complexity index is 433. The van der Waals surface area contributed by atoms with Crippen LogP contribution in [-0.4, -0.2) is 25.0 Å². The van der Waals surface area contributed by atoms with Gasteiger partial charge >= 0.3 is 0 Å². The number of hydrogen-bond donors (Lipinski definition) is 2. The van der Waals surface area contributed by atoms with Crippen LogP contribution in [0.2, 0.25) is 0 Å². The third-order valence-corrected chi connectivity index (χ3v) is 4.55. The molecule has 1 atom stereocenters. The second kappa shape index (κ2) is 6.86. The number of amides is 1. The Morgan fingerprint density at radius 3 is 3.11 bits per heavy atom. The molecule has 5 heteroatoms. The summed E-state index contributed by atoms with van der Waals surface area (Å²) in [6, 6.07) is 6.33. The first-order valence-electron chi connectivity index (χ1n) is 6.13. The molecule has 1 aromatic carbocycles. The molecule has 0 bridgehead atoms. The smallest absolute Gasteiger partial charge is 0.252 e. The normalized spacial score (nSPS) is 18.9. The van der Waals surface area contributed by atoms with Crippen molar-refractivity contribution in [3.05, 3.63) is 31.8 Å². The predicted molar refractivity (Wildman–Crippen MR) is 84.8 cm³/mol. The molecule has 1 saturated heterocycles. The first kappa shape index (κ1) is 14.3. The molecule has 1 fully saturated rings. The van der Waals surface area contributed by atoms with Gasteiger partial charge in [-0.2, -0.15) is 0 Å². The monoisotopic (exact) mass is 422 g/mol. The highest BCUT2D eigenvalue weighted by molar-refractivity contribution is 14.1. The predicted octanol–water partition coefficient (Wildman–Crippen LogP) is 2.93. The summed E-state index contributed by atoms with van der Waals surface area (Å²) in [5.41, 5.74) is 0.740. The van der Waals surface area contributed by atoms with Gasteiger partial charge in [0.1, 0.15) is 0 Å². The lowest BCUT2D eigenvalue weighted by Gasteiger charge is -2.11. The molecular weight excluding hydrogens is 407 g/mol. The van der Waals surface area contributed by atoms with Gasteiger partial charge < -0.3 is 10.6 Å². The number of nitrogens with one attached hydrogen (secondary N) is 2. The molecule has 0 aromatic heterocycles. The number of rotatable bonds is 4. The van der Waals surface area contributed by atoms with Crippen LogP contribution in [0.1, 0.15) is 29.6 Å². The van der Waals surface area contributed by atoms with E-state index >= 15 is 0 Å². The molecule has 98 valence electrons. The third kappa shape index (κ3) is 3.93. The molecule has 1 amide bonds. The largest absolute Gasteiger partial charge is 0.352 e. The summed E-state index contributed by atoms with van der Waals surface area (Å²) in [4.78, 5) is 12.0. The van der Waals surface area contributed by atoms with Crippen LogP contribution in [0.3, 0.4) is 0 Å². The topological polar surface area (TPSA) is 41.1 Å². The standard InChI is InChI=1S/C13H16BrIN2O/c14-9-3-4-12(15)11(8-9)13(18)17-7-5-10-2-1-6-16-10/h3-4,8,10,16H,1-2,5-7H2,(H,17,18)/t10-/m0/s1. The van der Waals surface area contributed by atoms with Gasteiger partial charge in [-0.3, -0.25) is 4.79 Å². The summed E-state index contributed by atoms with van der Waals surface area (Å²) < 4.78 is 1.91. The Kier molecular flexibility index (Phi) is 5.44. The van der Waals surface area contributed by atoms with Crippen molar-refractivity contribution in [2.45, 2.75) is 25.3 Å². The Hall–Kier alpha value is -0.140. The van der Waals surface area contributed by atoms with Gasteiger partial charge in [0.15, 0.2) is 0 Å². The van der Waals surface area contributed by atoms with E-state index < -0.39 is 0 Å². The van der Waals surface area contributed by atoms with Crippen molar-refractivity contribution < 1.29 is 4.79 Å². The first-order valence-corrected chi connectivity index (χ1v) is 8.00. The van der Waals surface area contributed by atoms with Crippen LogP contribution in [0.4, 0.5) is 0 Å². The highest BCUT2D eigenvalue weighted by atomic mass is 127. The fourth-order valence-corrected chi connectivity index (χ4v) is 3.07. The maximum absolute atomic E-state index is 12.0. The highest BCUT2D eigenvalue weighted by Gasteiger charge is 2.15. The molecule has 0 aliphatic carbocycles. The molecule has 2 N–H and O–H groups in total. The lowest BCUT2D eigenvalue weighted by atomic mass is 10.1. The average molecular weight is 423 g/mol. The third-order valence-electron chi connectivity index (χ3n) is 3.11. The van der Waals surface area contributed by atoms with E-state index in [0.29, 0.717) is 6.04 Å². The van der Waals surface area contributed by atoms with E-state index in [9.17, 15) is 4.79 Å². The van der Waals surface area contributed by atoms with E-state index in [1.165, 1.54) is 12.8 Å². The van der Waals surface area contributed by atoms with Gasteiger partial charge in [-0.15, -0.1) is 0 Å². The maximum Gasteiger partial charge on any atom is 0.252 e. The van der Waals surface area contributed by atoms with Crippen LogP contribution in [0.5, 0.6) is 0 Å². The minimum absolute atomic E-state index is 0.0127. The summed E-state index contributed by atoms with van der Waals surface area (Å²) in [5.74, 6) is 0.0127. The second-order valence-corrected chi connectivity index (χ2v) is 6.54. The van der Waals surface area contributed by atoms with Gasteiger partial charge in [0.25, 0.3) is 5.91 Å². The molecular formula is C13H16BrIN2O. The molecule has 0 unspecified atom stereocenters. The maximum atomic E-state index is 12.0. The average Bonchev–Trinajstić information content (AvgIpc) is 2.85. The first-order chi connectivity index (χ1) is 8.66. The highest BCUT2D eigenvalue weighted by Crippen LogP contribution is 2.18. The summed E-state index contributed by atoms with van der Waals surface area (Å²) >= 11 is 5.58. The van der Waals surface area contributed by atoms with Gasteiger partial charge in [-0.05, 0) is 66.6 Å². The van der Waals surface area contributed by atoms with Crippen molar-refractivity contribution in [3.63, 3.8) is 0 Å². The van der Waals surface area contributed by atoms with Crippen LogP contribution >= 0.6 is 38.5 Å². The lowest BCUT2D eigenvalue weighted by Crippen LogP contribution is -2.30. The van der Waals surface area contributed by atoms with Gasteiger partial charge in [0.2, 0.25) is 0 Å². The molecule has 0 spiro atoms. The van der Waals surface area contributed by atoms with E-state index in [2.05, 4.69) is 49.2 Å². The van der Waals surface area contributed by atoms with Crippen molar-refractivity contribution in [3.8, 4) is 0 Å². The molecule has 1 aliphatic heterocycles. The Labute approximate surface area is 129 Å². The van der Waals surface area contributed by atoms with E-state index in [-0.39, 0.29) is 5.91 Å². The number of halogens is 2. The summed E-state index contributed by atoms with van der Waals surface area (Å²) in [6.07, 6.45) is 3.49. The minimum atomic E-state index is 0.0127. The van der Waals surface area contributed by atoms with Gasteiger partial charge in [-0.25, -0.2) is 0 Å². The van der Waals surface area contributed by atoms with E-state index in [1.54, 1.807) is 0 Å². The van der Waals surface area contributed by atoms with Crippen molar-refractivity contribution in [2.75, 3.05) is 13.1 Å². The van der Waals surface area contributed by atoms with E-state index in [4.69, 9.17) is 0 Å². The molecule has 1 heterocycles. The van der Waals surface area contributed by atoms with Gasteiger partial charge in [0, 0.05) is 20.6 Å². The molecule has 3 nitrogen and oxygen atoms in total. The van der Waals surface area contributed by atoms with Crippen LogP contribution in [0.15, 0.2) is 22.7 Å². The van der Waals surface area contributed by atoms with Crippen molar-refractivity contribution in [1.82, 2.24) is 10.6 Å². The molecule has 0 saturated carbocycles. The summed E-state index contributed by atoms with van der Waals surface area (Å²) in [7, 11) is 0. The second-order valence-electron chi connectivity index (χ2n) is 4.46. The minimum Gasteiger partial charge on any atom is -0.352 e. The lowest BCUT2D eigenvalue weighted by molar-refractivity contribution is 0.0951. The zero-order chi connectivity index (χ0) is 13.0. The van der Waals surface area contributed by atoms with Crippen LogP contribution < -0.4 is 10.6 Å². The van der Waals surface area contributed by atoms with Crippen molar-refractivity contribution in [2.24, 2.45) is 0 Å². The number of hydrogen-bond acceptors (Lipinski definition) is 2. The number of benzene rings is 1. The molecule has 0 radical (unpaired) electrons. The quantitative estimate of drug-likeness (QED) is 0.732. The number of carbonyl (C=O) groups is 1. The molecule has 18 heavy (non-hydrogen) atoms. The van der Waals surface area contributed by atoms with Crippen molar-refractivity contribution >= 4 is 44.4 Å². The van der Waals surface area contributed by atoms with Gasteiger partial charge in [-0.1, -0.05) is 15.9 Å².